The summed E-state index contributed by atoms with van der Waals surface area (Å²) in [6.45, 7) is -0.481. The topological polar surface area (TPSA) is 217 Å². The van der Waals surface area contributed by atoms with E-state index in [0.717, 1.165) is 0 Å². The molecule has 0 saturated carbocycles. The molecule has 34 heavy (non-hydrogen) atoms. The second kappa shape index (κ2) is 12.7. The minimum atomic E-state index is -1.68. The number of amides is 3. The van der Waals surface area contributed by atoms with Crippen molar-refractivity contribution in [3.63, 3.8) is 0 Å². The van der Waals surface area contributed by atoms with E-state index >= 15 is 0 Å². The lowest BCUT2D eigenvalue weighted by atomic mass is 10.0. The van der Waals surface area contributed by atoms with E-state index in [9.17, 15) is 29.1 Å². The number of hydrogen-bond acceptors (Lipinski definition) is 7. The molecule has 182 valence electrons. The van der Waals surface area contributed by atoms with Crippen molar-refractivity contribution in [3.05, 3.63) is 54.1 Å². The van der Waals surface area contributed by atoms with E-state index < -0.39 is 60.8 Å². The van der Waals surface area contributed by atoms with Gasteiger partial charge in [-0.2, -0.15) is 0 Å². The van der Waals surface area contributed by atoms with Crippen LogP contribution >= 0.6 is 0 Å². The quantitative estimate of drug-likeness (QED) is 0.173. The molecule has 0 spiro atoms. The van der Waals surface area contributed by atoms with Gasteiger partial charge in [0.1, 0.15) is 12.1 Å². The van der Waals surface area contributed by atoms with E-state index in [4.69, 9.17) is 10.8 Å². The number of carbonyl (C=O) groups excluding carboxylic acids is 3. The molecule has 0 bridgehead atoms. The van der Waals surface area contributed by atoms with Gasteiger partial charge in [0.2, 0.25) is 17.7 Å². The van der Waals surface area contributed by atoms with Crippen LogP contribution < -0.4 is 21.7 Å². The molecule has 13 nitrogen and oxygen atoms in total. The molecule has 13 heteroatoms. The van der Waals surface area contributed by atoms with Crippen LogP contribution in [0.1, 0.15) is 17.7 Å². The molecule has 0 saturated heterocycles. The third-order valence-corrected chi connectivity index (χ3v) is 4.68. The molecule has 0 aliphatic heterocycles. The van der Waals surface area contributed by atoms with Gasteiger partial charge in [-0.25, -0.2) is 9.78 Å². The Balaban J connectivity index is 2.00. The maximum atomic E-state index is 12.7. The first kappa shape index (κ1) is 26.0. The lowest BCUT2D eigenvalue weighted by Gasteiger charge is -2.21. The molecular weight excluding hydrogens is 448 g/mol. The van der Waals surface area contributed by atoms with Crippen molar-refractivity contribution in [1.82, 2.24) is 25.9 Å². The standard InChI is InChI=1S/C21H26N6O7/c22-14(7-13-9-23-11-25-13)19(31)24-10-17(28)26-15(6-12-4-2-1-3-5-12)20(32)27-16(21(33)34)8-18(29)30/h1-5,9,11,14-16H,6-8,10,22H2,(H,23,25)(H,24,31)(H,26,28)(H,27,32)(H,29,30)(H,33,34). The van der Waals surface area contributed by atoms with Gasteiger partial charge in [0.15, 0.2) is 0 Å². The first-order valence-corrected chi connectivity index (χ1v) is 10.2. The number of nitrogens with two attached hydrogens (primary N) is 1. The van der Waals surface area contributed by atoms with Crippen LogP contribution in [-0.4, -0.2) is 74.5 Å². The number of rotatable bonds is 13. The Bertz CT molecular complexity index is 996. The van der Waals surface area contributed by atoms with Gasteiger partial charge in [0.05, 0.1) is 25.3 Å². The van der Waals surface area contributed by atoms with Gasteiger partial charge in [-0.05, 0) is 5.56 Å². The van der Waals surface area contributed by atoms with Crippen molar-refractivity contribution in [3.8, 4) is 0 Å². The van der Waals surface area contributed by atoms with Gasteiger partial charge in [-0.3, -0.25) is 19.2 Å². The zero-order valence-corrected chi connectivity index (χ0v) is 18.1. The second-order valence-corrected chi connectivity index (χ2v) is 7.41. The zero-order valence-electron chi connectivity index (χ0n) is 18.1. The third-order valence-electron chi connectivity index (χ3n) is 4.68. The molecule has 1 heterocycles. The summed E-state index contributed by atoms with van der Waals surface area (Å²) in [6, 6.07) is 4.76. The Morgan fingerprint density at radius 1 is 0.971 bits per heavy atom. The zero-order chi connectivity index (χ0) is 25.1. The van der Waals surface area contributed by atoms with Gasteiger partial charge in [-0.1, -0.05) is 30.3 Å². The molecule has 3 unspecified atom stereocenters. The summed E-state index contributed by atoms with van der Waals surface area (Å²) >= 11 is 0. The lowest BCUT2D eigenvalue weighted by Crippen LogP contribution is -2.54. The normalized spacial score (nSPS) is 13.2. The Morgan fingerprint density at radius 2 is 1.68 bits per heavy atom. The minimum absolute atomic E-state index is 0.00507. The van der Waals surface area contributed by atoms with E-state index in [2.05, 4.69) is 25.9 Å². The fourth-order valence-corrected chi connectivity index (χ4v) is 2.98. The van der Waals surface area contributed by atoms with E-state index in [1.165, 1.54) is 12.5 Å². The smallest absolute Gasteiger partial charge is 0.326 e. The molecule has 0 aliphatic rings. The predicted octanol–water partition coefficient (Wildman–Crippen LogP) is -1.83. The largest absolute Gasteiger partial charge is 0.481 e. The van der Waals surface area contributed by atoms with Gasteiger partial charge in [0.25, 0.3) is 0 Å². The fourth-order valence-electron chi connectivity index (χ4n) is 2.98. The van der Waals surface area contributed by atoms with E-state index in [1.54, 1.807) is 30.3 Å². The van der Waals surface area contributed by atoms with Crippen LogP contribution in [-0.2, 0) is 36.8 Å². The van der Waals surface area contributed by atoms with Gasteiger partial charge >= 0.3 is 11.9 Å². The molecule has 2 rings (SSSR count). The van der Waals surface area contributed by atoms with Crippen LogP contribution in [0.25, 0.3) is 0 Å². The summed E-state index contributed by atoms with van der Waals surface area (Å²) in [7, 11) is 0. The average molecular weight is 474 g/mol. The van der Waals surface area contributed by atoms with Crippen LogP contribution in [0, 0.1) is 0 Å². The number of imidazole rings is 1. The second-order valence-electron chi connectivity index (χ2n) is 7.41. The highest BCUT2D eigenvalue weighted by atomic mass is 16.4. The van der Waals surface area contributed by atoms with Crippen molar-refractivity contribution in [2.75, 3.05) is 6.54 Å². The summed E-state index contributed by atoms with van der Waals surface area (Å²) in [5.74, 6) is -5.14. The van der Waals surface area contributed by atoms with Gasteiger partial charge < -0.3 is 36.9 Å². The first-order valence-electron chi connectivity index (χ1n) is 10.2. The highest BCUT2D eigenvalue weighted by molar-refractivity contribution is 5.93. The number of hydrogen-bond donors (Lipinski definition) is 7. The number of aliphatic carboxylic acids is 2. The van der Waals surface area contributed by atoms with E-state index in [0.29, 0.717) is 11.3 Å². The monoisotopic (exact) mass is 474 g/mol. The molecule has 8 N–H and O–H groups in total. The summed E-state index contributed by atoms with van der Waals surface area (Å²) in [4.78, 5) is 66.1. The molecule has 1 aromatic heterocycles. The molecule has 0 fully saturated rings. The highest BCUT2D eigenvalue weighted by Crippen LogP contribution is 2.05. The number of carboxylic acid groups (broad SMARTS) is 2. The summed E-state index contributed by atoms with van der Waals surface area (Å²) < 4.78 is 0. The third kappa shape index (κ3) is 8.70. The van der Waals surface area contributed by atoms with Crippen LogP contribution in [0.5, 0.6) is 0 Å². The van der Waals surface area contributed by atoms with Gasteiger partial charge in [-0.15, -0.1) is 0 Å². The number of carbonyl (C=O) groups is 5. The predicted molar refractivity (Wildman–Crippen MR) is 117 cm³/mol. The first-order chi connectivity index (χ1) is 16.2. The number of aromatic amines is 1. The van der Waals surface area contributed by atoms with Crippen LogP contribution in [0.2, 0.25) is 0 Å². The van der Waals surface area contributed by atoms with Crippen molar-refractivity contribution < 1.29 is 34.2 Å². The number of aromatic nitrogens is 2. The average Bonchev–Trinajstić information content (AvgIpc) is 3.29. The summed E-state index contributed by atoms with van der Waals surface area (Å²) in [5.41, 5.74) is 7.12. The Hall–Kier alpha value is -4.26. The van der Waals surface area contributed by atoms with Gasteiger partial charge in [0, 0.05) is 24.7 Å². The lowest BCUT2D eigenvalue weighted by molar-refractivity contribution is -0.147. The highest BCUT2D eigenvalue weighted by Gasteiger charge is 2.28. The van der Waals surface area contributed by atoms with E-state index in [-0.39, 0.29) is 12.8 Å². The fraction of sp³-hybridized carbons (Fsp3) is 0.333. The SMILES string of the molecule is NC(Cc1cnc[nH]1)C(=O)NCC(=O)NC(Cc1ccccc1)C(=O)NC(CC(=O)O)C(=O)O. The number of benzene rings is 1. The minimum Gasteiger partial charge on any atom is -0.481 e. The summed E-state index contributed by atoms with van der Waals surface area (Å²) in [5, 5.41) is 25.0. The Kier molecular flexibility index (Phi) is 9.71. The number of carboxylic acids is 2. The van der Waals surface area contributed by atoms with Crippen molar-refractivity contribution in [2.24, 2.45) is 5.73 Å². The molecule has 0 radical (unpaired) electrons. The molecule has 0 aliphatic carbocycles. The number of nitrogens with one attached hydrogen (secondary N) is 4. The van der Waals surface area contributed by atoms with Crippen molar-refractivity contribution in [1.29, 1.82) is 0 Å². The maximum absolute atomic E-state index is 12.7. The summed E-state index contributed by atoms with van der Waals surface area (Å²) in [6.07, 6.45) is 2.30. The molecule has 3 atom stereocenters. The van der Waals surface area contributed by atoms with Crippen molar-refractivity contribution in [2.45, 2.75) is 37.4 Å². The van der Waals surface area contributed by atoms with Crippen LogP contribution in [0.3, 0.4) is 0 Å². The van der Waals surface area contributed by atoms with E-state index in [1.807, 2.05) is 0 Å². The molecular formula is C21H26N6O7. The molecule has 3 amide bonds. The Labute approximate surface area is 194 Å². The maximum Gasteiger partial charge on any atom is 0.326 e. The molecule has 1 aromatic carbocycles. The van der Waals surface area contributed by atoms with Crippen molar-refractivity contribution >= 4 is 29.7 Å². The van der Waals surface area contributed by atoms with Crippen LogP contribution in [0.15, 0.2) is 42.9 Å². The Morgan fingerprint density at radius 3 is 2.26 bits per heavy atom. The number of H-pyrrole nitrogens is 1. The number of nitrogens with zero attached hydrogens (tertiary/aromatic N) is 1. The van der Waals surface area contributed by atoms with Crippen LogP contribution in [0.4, 0.5) is 0 Å². The molecule has 2 aromatic rings.